The van der Waals surface area contributed by atoms with E-state index in [0.717, 1.165) is 19.3 Å². The molecule has 0 aromatic carbocycles. The fraction of sp³-hybridized carbons (Fsp3) is 0.500. The van der Waals surface area contributed by atoms with Crippen LogP contribution in [0.5, 0.6) is 0 Å². The van der Waals surface area contributed by atoms with E-state index in [2.05, 4.69) is 15.4 Å². The maximum absolute atomic E-state index is 12.3. The van der Waals surface area contributed by atoms with Gasteiger partial charge in [0.1, 0.15) is 0 Å². The Morgan fingerprint density at radius 2 is 2.04 bits per heavy atom. The van der Waals surface area contributed by atoms with E-state index in [1.165, 1.54) is 4.52 Å². The molecule has 2 aromatic rings. The van der Waals surface area contributed by atoms with Crippen molar-refractivity contribution in [1.29, 1.82) is 0 Å². The molecule has 2 aromatic heterocycles. The van der Waals surface area contributed by atoms with Crippen LogP contribution in [0.1, 0.15) is 43.4 Å². The zero-order valence-electron chi connectivity index (χ0n) is 13.7. The van der Waals surface area contributed by atoms with Crippen LogP contribution in [0, 0.1) is 6.92 Å². The molecule has 0 saturated heterocycles. The van der Waals surface area contributed by atoms with Gasteiger partial charge in [0, 0.05) is 36.5 Å². The molecule has 0 aliphatic heterocycles. The fourth-order valence-electron chi connectivity index (χ4n) is 2.52. The van der Waals surface area contributed by atoms with Gasteiger partial charge in [-0.1, -0.05) is 12.8 Å². The van der Waals surface area contributed by atoms with Crippen LogP contribution in [-0.2, 0) is 16.0 Å². The van der Waals surface area contributed by atoms with Crippen molar-refractivity contribution in [3.05, 3.63) is 33.9 Å². The molecule has 24 heavy (non-hydrogen) atoms. The number of carboxylic acid groups (broad SMARTS) is 1. The number of nitrogens with one attached hydrogen (secondary N) is 2. The first kappa shape index (κ1) is 17.7. The fourth-order valence-corrected chi connectivity index (χ4v) is 2.52. The molecule has 8 nitrogen and oxygen atoms in total. The average molecular weight is 334 g/mol. The lowest BCUT2D eigenvalue weighted by Gasteiger charge is -2.07. The van der Waals surface area contributed by atoms with E-state index >= 15 is 0 Å². The monoisotopic (exact) mass is 334 g/mol. The molecule has 1 amide bonds. The van der Waals surface area contributed by atoms with Crippen LogP contribution in [-0.4, -0.2) is 38.1 Å². The number of amides is 1. The molecule has 0 radical (unpaired) electrons. The summed E-state index contributed by atoms with van der Waals surface area (Å²) in [6, 6.07) is 1.70. The Kier molecular flexibility index (Phi) is 6.11. The highest BCUT2D eigenvalue weighted by Gasteiger charge is 2.13. The summed E-state index contributed by atoms with van der Waals surface area (Å²) < 4.78 is 1.32. The highest BCUT2D eigenvalue weighted by Crippen LogP contribution is 2.04. The molecule has 0 saturated carbocycles. The number of aryl methyl sites for hydroxylation is 1. The molecular formula is C16H22N4O4. The van der Waals surface area contributed by atoms with Crippen LogP contribution in [0.3, 0.4) is 0 Å². The largest absolute Gasteiger partial charge is 0.481 e. The Hall–Kier alpha value is -2.64. The lowest BCUT2D eigenvalue weighted by molar-refractivity contribution is -0.137. The number of hydrogen-bond donors (Lipinski definition) is 3. The average Bonchev–Trinajstić information content (AvgIpc) is 2.98. The molecule has 0 fully saturated rings. The third-order valence-electron chi connectivity index (χ3n) is 3.82. The standard InChI is InChI=1S/C16H22N4O4/c1-11-12(16(24)20-13(19-11)7-9-18-20)10-14(21)17-8-5-3-2-4-6-15(22)23/h7,9,18H,2-6,8,10H2,1H3,(H,17,21)(H,22,23). The Bertz CT molecular complexity index is 778. The number of rotatable bonds is 9. The maximum Gasteiger partial charge on any atom is 0.303 e. The van der Waals surface area contributed by atoms with E-state index in [1.54, 1.807) is 19.2 Å². The van der Waals surface area contributed by atoms with E-state index in [0.29, 0.717) is 29.9 Å². The normalized spacial score (nSPS) is 10.9. The van der Waals surface area contributed by atoms with Gasteiger partial charge in [-0.15, -0.1) is 0 Å². The number of H-pyrrole nitrogens is 1. The van der Waals surface area contributed by atoms with Gasteiger partial charge in [0.15, 0.2) is 5.65 Å². The molecule has 2 heterocycles. The van der Waals surface area contributed by atoms with E-state index in [9.17, 15) is 14.4 Å². The van der Waals surface area contributed by atoms with E-state index in [4.69, 9.17) is 5.11 Å². The van der Waals surface area contributed by atoms with Crippen molar-refractivity contribution in [2.45, 2.75) is 45.4 Å². The van der Waals surface area contributed by atoms with Gasteiger partial charge >= 0.3 is 5.97 Å². The summed E-state index contributed by atoms with van der Waals surface area (Å²) in [6.07, 6.45) is 4.94. The lowest BCUT2D eigenvalue weighted by Crippen LogP contribution is -2.31. The SMILES string of the molecule is Cc1nc2cc[nH]n2c(=O)c1CC(=O)NCCCCCCC(=O)O. The smallest absolute Gasteiger partial charge is 0.303 e. The zero-order valence-corrected chi connectivity index (χ0v) is 13.7. The Morgan fingerprint density at radius 1 is 1.29 bits per heavy atom. The molecule has 0 unspecified atom stereocenters. The highest BCUT2D eigenvalue weighted by molar-refractivity contribution is 5.78. The molecule has 0 atom stereocenters. The van der Waals surface area contributed by atoms with E-state index in [-0.39, 0.29) is 24.3 Å². The summed E-state index contributed by atoms with van der Waals surface area (Å²) >= 11 is 0. The van der Waals surface area contributed by atoms with Gasteiger partial charge in [-0.2, -0.15) is 0 Å². The number of aromatic amines is 1. The third-order valence-corrected chi connectivity index (χ3v) is 3.82. The van der Waals surface area contributed by atoms with Gasteiger partial charge in [-0.05, 0) is 19.8 Å². The van der Waals surface area contributed by atoms with E-state index < -0.39 is 5.97 Å². The van der Waals surface area contributed by atoms with Crippen LogP contribution in [0.25, 0.3) is 5.65 Å². The number of carboxylic acids is 1. The number of nitrogens with zero attached hydrogens (tertiary/aromatic N) is 2. The number of hydrogen-bond acceptors (Lipinski definition) is 4. The van der Waals surface area contributed by atoms with Crippen molar-refractivity contribution >= 4 is 17.5 Å². The molecule has 130 valence electrons. The van der Waals surface area contributed by atoms with Crippen molar-refractivity contribution < 1.29 is 14.7 Å². The maximum atomic E-state index is 12.3. The Balaban J connectivity index is 1.79. The van der Waals surface area contributed by atoms with Gasteiger partial charge < -0.3 is 10.4 Å². The van der Waals surface area contributed by atoms with Gasteiger partial charge in [-0.25, -0.2) is 9.50 Å². The molecule has 0 aliphatic carbocycles. The molecule has 2 rings (SSSR count). The minimum absolute atomic E-state index is 0.00135. The van der Waals surface area contributed by atoms with Crippen molar-refractivity contribution in [3.8, 4) is 0 Å². The van der Waals surface area contributed by atoms with Crippen molar-refractivity contribution in [2.75, 3.05) is 6.54 Å². The number of fused-ring (bicyclic) bond motifs is 1. The van der Waals surface area contributed by atoms with Crippen molar-refractivity contribution in [3.63, 3.8) is 0 Å². The predicted octanol–water partition coefficient (Wildman–Crippen LogP) is 1.02. The molecule has 0 bridgehead atoms. The summed E-state index contributed by atoms with van der Waals surface area (Å²) in [5.41, 5.74) is 1.21. The van der Waals surface area contributed by atoms with Crippen molar-refractivity contribution in [2.24, 2.45) is 0 Å². The number of aromatic nitrogens is 3. The molecule has 0 spiro atoms. The zero-order chi connectivity index (χ0) is 17.5. The molecule has 0 aliphatic rings. The quantitative estimate of drug-likeness (QED) is 0.592. The summed E-state index contributed by atoms with van der Waals surface area (Å²) in [5.74, 6) is -0.994. The number of aliphatic carboxylic acids is 1. The molecule has 8 heteroatoms. The molecular weight excluding hydrogens is 312 g/mol. The second-order valence-electron chi connectivity index (χ2n) is 5.72. The van der Waals surface area contributed by atoms with Crippen LogP contribution < -0.4 is 10.9 Å². The van der Waals surface area contributed by atoms with Crippen LogP contribution >= 0.6 is 0 Å². The number of carbonyl (C=O) groups is 2. The van der Waals surface area contributed by atoms with Gasteiger partial charge in [0.2, 0.25) is 5.91 Å². The van der Waals surface area contributed by atoms with Gasteiger partial charge in [0.25, 0.3) is 5.56 Å². The predicted molar refractivity (Wildman–Crippen MR) is 88.0 cm³/mol. The first-order chi connectivity index (χ1) is 11.5. The van der Waals surface area contributed by atoms with Crippen LogP contribution in [0.4, 0.5) is 0 Å². The third kappa shape index (κ3) is 4.68. The second kappa shape index (κ2) is 8.28. The summed E-state index contributed by atoms with van der Waals surface area (Å²) in [7, 11) is 0. The van der Waals surface area contributed by atoms with Gasteiger partial charge in [0.05, 0.1) is 6.42 Å². The van der Waals surface area contributed by atoms with Crippen molar-refractivity contribution in [1.82, 2.24) is 19.9 Å². The van der Waals surface area contributed by atoms with E-state index in [1.807, 2.05) is 0 Å². The topological polar surface area (TPSA) is 117 Å². The minimum Gasteiger partial charge on any atom is -0.481 e. The van der Waals surface area contributed by atoms with Crippen LogP contribution in [0.15, 0.2) is 17.1 Å². The number of unbranched alkanes of at least 4 members (excludes halogenated alkanes) is 3. The highest BCUT2D eigenvalue weighted by atomic mass is 16.4. The minimum atomic E-state index is -0.780. The Morgan fingerprint density at radius 3 is 2.79 bits per heavy atom. The van der Waals surface area contributed by atoms with Crippen LogP contribution in [0.2, 0.25) is 0 Å². The summed E-state index contributed by atoms with van der Waals surface area (Å²) in [6.45, 7) is 2.24. The first-order valence-electron chi connectivity index (χ1n) is 8.03. The Labute approximate surface area is 138 Å². The van der Waals surface area contributed by atoms with Gasteiger partial charge in [-0.3, -0.25) is 19.5 Å². The second-order valence-corrected chi connectivity index (χ2v) is 5.72. The molecule has 3 N–H and O–H groups in total. The first-order valence-corrected chi connectivity index (χ1v) is 8.03. The number of carbonyl (C=O) groups excluding carboxylic acids is 1. The summed E-state index contributed by atoms with van der Waals surface area (Å²) in [4.78, 5) is 39.0. The summed E-state index contributed by atoms with van der Waals surface area (Å²) in [5, 5.41) is 14.1. The lowest BCUT2D eigenvalue weighted by atomic mass is 10.1.